The molecular weight excluding hydrogens is 360 g/mol. The zero-order chi connectivity index (χ0) is 19.9. The molecule has 9 heteroatoms. The van der Waals surface area contributed by atoms with Crippen LogP contribution in [-0.2, 0) is 20.7 Å². The van der Waals surface area contributed by atoms with Crippen molar-refractivity contribution in [2.75, 3.05) is 0 Å². The molecule has 0 spiro atoms. The standard InChI is InChI=1S/C18H14O9/c19-11-3-1-8(6-13(11)21)5-10-15(9-2-4-12(20)14(22)7-9)18(26,17(24)25)27-16(10)23/h1-4,6-7,19-22,26H,5H2,(H,24,25). The fourth-order valence-corrected chi connectivity index (χ4v) is 2.80. The van der Waals surface area contributed by atoms with Gasteiger partial charge in [0.25, 0.3) is 0 Å². The molecule has 2 aromatic carbocycles. The number of aliphatic carboxylic acids is 1. The van der Waals surface area contributed by atoms with Gasteiger partial charge in [0.05, 0.1) is 11.1 Å². The van der Waals surface area contributed by atoms with Crippen molar-refractivity contribution in [3.05, 3.63) is 53.1 Å². The van der Waals surface area contributed by atoms with Crippen molar-refractivity contribution in [3.8, 4) is 23.0 Å². The minimum Gasteiger partial charge on any atom is -0.504 e. The van der Waals surface area contributed by atoms with Gasteiger partial charge in [0, 0.05) is 6.42 Å². The molecule has 1 atom stereocenters. The lowest BCUT2D eigenvalue weighted by Gasteiger charge is -2.20. The van der Waals surface area contributed by atoms with E-state index in [1.807, 2.05) is 0 Å². The highest BCUT2D eigenvalue weighted by molar-refractivity contribution is 6.11. The zero-order valence-corrected chi connectivity index (χ0v) is 13.6. The largest absolute Gasteiger partial charge is 0.504 e. The Hall–Kier alpha value is -3.72. The van der Waals surface area contributed by atoms with E-state index in [2.05, 4.69) is 4.74 Å². The van der Waals surface area contributed by atoms with Crippen molar-refractivity contribution in [3.63, 3.8) is 0 Å². The molecule has 1 aliphatic rings. The highest BCUT2D eigenvalue weighted by Crippen LogP contribution is 2.42. The number of carbonyl (C=O) groups is 2. The van der Waals surface area contributed by atoms with Crippen LogP contribution in [0.25, 0.3) is 5.57 Å². The minimum atomic E-state index is -2.99. The van der Waals surface area contributed by atoms with E-state index >= 15 is 0 Å². The number of benzene rings is 2. The molecule has 0 bridgehead atoms. The van der Waals surface area contributed by atoms with Gasteiger partial charge in [-0.15, -0.1) is 0 Å². The molecule has 1 unspecified atom stereocenters. The first-order valence-electron chi connectivity index (χ1n) is 7.59. The summed E-state index contributed by atoms with van der Waals surface area (Å²) < 4.78 is 4.67. The summed E-state index contributed by atoms with van der Waals surface area (Å²) in [5, 5.41) is 57.9. The minimum absolute atomic E-state index is 0.0564. The van der Waals surface area contributed by atoms with E-state index in [4.69, 9.17) is 0 Å². The Morgan fingerprint density at radius 1 is 0.926 bits per heavy atom. The van der Waals surface area contributed by atoms with Crippen molar-refractivity contribution in [1.82, 2.24) is 0 Å². The zero-order valence-electron chi connectivity index (χ0n) is 13.6. The van der Waals surface area contributed by atoms with Crippen LogP contribution in [0, 0.1) is 0 Å². The summed E-state index contributed by atoms with van der Waals surface area (Å²) in [6.07, 6.45) is -0.237. The molecule has 6 N–H and O–H groups in total. The number of phenolic OH excluding ortho intramolecular Hbond substituents is 4. The Kier molecular flexibility index (Phi) is 4.16. The van der Waals surface area contributed by atoms with Gasteiger partial charge in [-0.1, -0.05) is 12.1 Å². The summed E-state index contributed by atoms with van der Waals surface area (Å²) in [5.41, 5.74) is -0.371. The second-order valence-electron chi connectivity index (χ2n) is 5.90. The van der Waals surface area contributed by atoms with Crippen LogP contribution >= 0.6 is 0 Å². The summed E-state index contributed by atoms with van der Waals surface area (Å²) in [5.74, 6) is -7.84. The molecule has 9 nitrogen and oxygen atoms in total. The summed E-state index contributed by atoms with van der Waals surface area (Å²) in [7, 11) is 0. The van der Waals surface area contributed by atoms with Gasteiger partial charge in [-0.05, 0) is 35.4 Å². The fourth-order valence-electron chi connectivity index (χ4n) is 2.80. The Labute approximate surface area is 151 Å². The van der Waals surface area contributed by atoms with E-state index in [1.165, 1.54) is 24.3 Å². The van der Waals surface area contributed by atoms with Crippen LogP contribution in [0.5, 0.6) is 23.0 Å². The van der Waals surface area contributed by atoms with E-state index in [0.717, 1.165) is 12.1 Å². The second-order valence-corrected chi connectivity index (χ2v) is 5.90. The highest BCUT2D eigenvalue weighted by atomic mass is 16.7. The average Bonchev–Trinajstić information content (AvgIpc) is 2.85. The maximum absolute atomic E-state index is 12.3. The van der Waals surface area contributed by atoms with Crippen LogP contribution < -0.4 is 0 Å². The number of esters is 1. The smallest absolute Gasteiger partial charge is 0.382 e. The monoisotopic (exact) mass is 374 g/mol. The van der Waals surface area contributed by atoms with Gasteiger partial charge in [0.1, 0.15) is 0 Å². The first-order valence-corrected chi connectivity index (χ1v) is 7.59. The van der Waals surface area contributed by atoms with E-state index in [0.29, 0.717) is 5.56 Å². The quantitative estimate of drug-likeness (QED) is 0.336. The SMILES string of the molecule is O=C1OC(O)(C(=O)O)C(c2ccc(O)c(O)c2)=C1Cc1ccc(O)c(O)c1. The number of carbonyl (C=O) groups excluding carboxylic acids is 1. The van der Waals surface area contributed by atoms with Crippen molar-refractivity contribution >= 4 is 17.5 Å². The Balaban J connectivity index is 2.19. The molecule has 0 saturated heterocycles. The van der Waals surface area contributed by atoms with Gasteiger partial charge >= 0.3 is 17.7 Å². The molecule has 0 saturated carbocycles. The molecular formula is C18H14O9. The summed E-state index contributed by atoms with van der Waals surface area (Å²) in [6, 6.07) is 6.98. The number of aliphatic hydroxyl groups is 1. The number of hydrogen-bond donors (Lipinski definition) is 6. The van der Waals surface area contributed by atoms with Gasteiger partial charge in [0.15, 0.2) is 23.0 Å². The third-order valence-corrected chi connectivity index (χ3v) is 4.10. The molecule has 140 valence electrons. The van der Waals surface area contributed by atoms with Crippen molar-refractivity contribution in [1.29, 1.82) is 0 Å². The second kappa shape index (κ2) is 6.22. The molecule has 2 aromatic rings. The number of carboxylic acid groups (broad SMARTS) is 1. The van der Waals surface area contributed by atoms with Gasteiger partial charge in [-0.3, -0.25) is 0 Å². The predicted molar refractivity (Wildman–Crippen MR) is 88.8 cm³/mol. The Morgan fingerprint density at radius 3 is 2.07 bits per heavy atom. The Morgan fingerprint density at radius 2 is 1.52 bits per heavy atom. The molecule has 27 heavy (non-hydrogen) atoms. The number of rotatable bonds is 4. The molecule has 1 heterocycles. The van der Waals surface area contributed by atoms with Crippen LogP contribution in [-0.4, -0.2) is 48.4 Å². The van der Waals surface area contributed by atoms with Crippen molar-refractivity contribution in [2.45, 2.75) is 12.2 Å². The van der Waals surface area contributed by atoms with Gasteiger partial charge in [-0.25, -0.2) is 9.59 Å². The first-order chi connectivity index (χ1) is 12.6. The van der Waals surface area contributed by atoms with E-state index in [-0.39, 0.29) is 23.3 Å². The number of hydrogen-bond acceptors (Lipinski definition) is 8. The third kappa shape index (κ3) is 3.00. The maximum atomic E-state index is 12.3. The van der Waals surface area contributed by atoms with Crippen molar-refractivity contribution < 1.29 is 45.0 Å². The van der Waals surface area contributed by atoms with Crippen molar-refractivity contribution in [2.24, 2.45) is 0 Å². The molecule has 1 aliphatic heterocycles. The topological polar surface area (TPSA) is 165 Å². The lowest BCUT2D eigenvalue weighted by Crippen LogP contribution is -2.40. The molecule has 0 fully saturated rings. The lowest BCUT2D eigenvalue weighted by atomic mass is 9.91. The van der Waals surface area contributed by atoms with Crippen LogP contribution in [0.1, 0.15) is 11.1 Å². The Bertz CT molecular complexity index is 992. The molecule has 3 rings (SSSR count). The van der Waals surface area contributed by atoms with Crippen LogP contribution in [0.3, 0.4) is 0 Å². The van der Waals surface area contributed by atoms with Gasteiger partial charge in [0.2, 0.25) is 0 Å². The van der Waals surface area contributed by atoms with Crippen LogP contribution in [0.2, 0.25) is 0 Å². The fraction of sp³-hybridized carbons (Fsp3) is 0.111. The summed E-state index contributed by atoms with van der Waals surface area (Å²) in [4.78, 5) is 23.8. The average molecular weight is 374 g/mol. The van der Waals surface area contributed by atoms with Gasteiger partial charge < -0.3 is 35.4 Å². The lowest BCUT2D eigenvalue weighted by molar-refractivity contribution is -0.198. The van der Waals surface area contributed by atoms with Crippen LogP contribution in [0.4, 0.5) is 0 Å². The van der Waals surface area contributed by atoms with Crippen LogP contribution in [0.15, 0.2) is 42.0 Å². The molecule has 0 radical (unpaired) electrons. The van der Waals surface area contributed by atoms with E-state index < -0.39 is 40.5 Å². The van der Waals surface area contributed by atoms with Gasteiger partial charge in [-0.2, -0.15) is 0 Å². The number of ether oxygens (including phenoxy) is 1. The van der Waals surface area contributed by atoms with E-state index in [9.17, 15) is 40.2 Å². The van der Waals surface area contributed by atoms with E-state index in [1.54, 1.807) is 0 Å². The normalized spacial score (nSPS) is 19.2. The number of cyclic esters (lactones) is 1. The molecule has 0 aliphatic carbocycles. The number of carboxylic acids is 1. The maximum Gasteiger partial charge on any atom is 0.382 e. The number of phenols is 4. The summed E-state index contributed by atoms with van der Waals surface area (Å²) in [6.45, 7) is 0. The molecule has 0 aromatic heterocycles. The summed E-state index contributed by atoms with van der Waals surface area (Å²) >= 11 is 0. The predicted octanol–water partition coefficient (Wildman–Crippen LogP) is 0.835. The number of aromatic hydroxyl groups is 4. The highest BCUT2D eigenvalue weighted by Gasteiger charge is 2.53. The first kappa shape index (κ1) is 18.1. The molecule has 0 amide bonds. The third-order valence-electron chi connectivity index (χ3n) is 4.10.